The van der Waals surface area contributed by atoms with Gasteiger partial charge in [-0.05, 0) is 17.7 Å². The maximum atomic E-state index is 13.5. The third kappa shape index (κ3) is 1.86. The summed E-state index contributed by atoms with van der Waals surface area (Å²) in [7, 11) is 0. The molecule has 0 radical (unpaired) electrons. The number of hydrogen-bond donors (Lipinski definition) is 2. The van der Waals surface area contributed by atoms with Crippen LogP contribution in [-0.4, -0.2) is 16.1 Å². The molecule has 0 amide bonds. The first kappa shape index (κ1) is 10.9. The van der Waals surface area contributed by atoms with E-state index in [0.29, 0.717) is 5.56 Å². The fourth-order valence-electron chi connectivity index (χ4n) is 1.47. The number of aromatic carboxylic acids is 1. The zero-order valence-electron chi connectivity index (χ0n) is 8.00. The summed E-state index contributed by atoms with van der Waals surface area (Å²) in [5.74, 6) is -1.75. The van der Waals surface area contributed by atoms with Crippen molar-refractivity contribution in [3.63, 3.8) is 0 Å². The molecule has 0 saturated heterocycles. The number of nitrogens with one attached hydrogen (secondary N) is 1. The minimum absolute atomic E-state index is 0.0833. The smallest absolute Gasteiger partial charge is 0.353 e. The van der Waals surface area contributed by atoms with Crippen LogP contribution in [0.1, 0.15) is 10.5 Å². The van der Waals surface area contributed by atoms with Crippen LogP contribution < -0.4 is 0 Å². The zero-order valence-corrected chi connectivity index (χ0v) is 9.58. The molecule has 0 bridgehead atoms. The summed E-state index contributed by atoms with van der Waals surface area (Å²) in [6.07, 6.45) is 1.04. The van der Waals surface area contributed by atoms with E-state index in [1.54, 1.807) is 24.3 Å². The highest BCUT2D eigenvalue weighted by atomic mass is 79.9. The van der Waals surface area contributed by atoms with Crippen LogP contribution >= 0.6 is 15.9 Å². The third-order valence-corrected chi connectivity index (χ3v) is 2.71. The molecule has 0 fully saturated rings. The van der Waals surface area contributed by atoms with Crippen molar-refractivity contribution >= 4 is 21.9 Å². The van der Waals surface area contributed by atoms with E-state index in [9.17, 15) is 9.18 Å². The number of aromatic amines is 1. The SMILES string of the molecule is O=C(O)c1[nH]cc(F)c1-c1ccc(Br)cc1. The van der Waals surface area contributed by atoms with Crippen molar-refractivity contribution in [2.24, 2.45) is 0 Å². The fourth-order valence-corrected chi connectivity index (χ4v) is 1.73. The highest BCUT2D eigenvalue weighted by Crippen LogP contribution is 2.27. The van der Waals surface area contributed by atoms with Crippen LogP contribution in [0, 0.1) is 5.82 Å². The molecule has 0 unspecified atom stereocenters. The molecule has 16 heavy (non-hydrogen) atoms. The van der Waals surface area contributed by atoms with Crippen molar-refractivity contribution in [2.45, 2.75) is 0 Å². The van der Waals surface area contributed by atoms with E-state index in [0.717, 1.165) is 10.7 Å². The van der Waals surface area contributed by atoms with Gasteiger partial charge in [-0.3, -0.25) is 0 Å². The lowest BCUT2D eigenvalue weighted by Gasteiger charge is -2.01. The van der Waals surface area contributed by atoms with E-state index >= 15 is 0 Å². The molecule has 2 N–H and O–H groups in total. The number of carboxylic acids is 1. The Morgan fingerprint density at radius 3 is 2.50 bits per heavy atom. The Labute approximate surface area is 99.1 Å². The molecule has 1 aromatic carbocycles. The average molecular weight is 284 g/mol. The van der Waals surface area contributed by atoms with E-state index < -0.39 is 11.8 Å². The van der Waals surface area contributed by atoms with E-state index in [1.165, 1.54) is 0 Å². The molecule has 0 saturated carbocycles. The molecule has 0 aliphatic heterocycles. The molecule has 3 nitrogen and oxygen atoms in total. The van der Waals surface area contributed by atoms with E-state index in [1.807, 2.05) is 0 Å². The van der Waals surface area contributed by atoms with E-state index in [4.69, 9.17) is 5.11 Å². The van der Waals surface area contributed by atoms with Crippen LogP contribution in [0.25, 0.3) is 11.1 Å². The first-order valence-electron chi connectivity index (χ1n) is 4.45. The van der Waals surface area contributed by atoms with Crippen LogP contribution in [0.4, 0.5) is 4.39 Å². The summed E-state index contributed by atoms with van der Waals surface area (Å²) < 4.78 is 14.3. The maximum absolute atomic E-state index is 13.5. The summed E-state index contributed by atoms with van der Waals surface area (Å²) in [5.41, 5.74) is 0.471. The van der Waals surface area contributed by atoms with E-state index in [2.05, 4.69) is 20.9 Å². The number of carbonyl (C=O) groups is 1. The summed E-state index contributed by atoms with van der Waals surface area (Å²) in [4.78, 5) is 13.3. The van der Waals surface area contributed by atoms with Gasteiger partial charge in [0.15, 0.2) is 0 Å². The fraction of sp³-hybridized carbons (Fsp3) is 0. The minimum Gasteiger partial charge on any atom is -0.477 e. The van der Waals surface area contributed by atoms with Crippen LogP contribution in [0.3, 0.4) is 0 Å². The number of H-pyrrole nitrogens is 1. The Morgan fingerprint density at radius 2 is 1.94 bits per heavy atom. The van der Waals surface area contributed by atoms with Crippen molar-refractivity contribution in [3.05, 3.63) is 46.4 Å². The van der Waals surface area contributed by atoms with Gasteiger partial charge in [0, 0.05) is 16.2 Å². The van der Waals surface area contributed by atoms with Crippen LogP contribution in [0.15, 0.2) is 34.9 Å². The zero-order chi connectivity index (χ0) is 11.7. The number of halogens is 2. The normalized spacial score (nSPS) is 10.4. The molecular formula is C11H7BrFNO2. The molecule has 1 heterocycles. The van der Waals surface area contributed by atoms with Gasteiger partial charge in [0.1, 0.15) is 11.5 Å². The molecule has 2 aromatic rings. The highest BCUT2D eigenvalue weighted by Gasteiger charge is 2.18. The van der Waals surface area contributed by atoms with Crippen LogP contribution in [-0.2, 0) is 0 Å². The van der Waals surface area contributed by atoms with Crippen LogP contribution in [0.5, 0.6) is 0 Å². The van der Waals surface area contributed by atoms with E-state index in [-0.39, 0.29) is 11.3 Å². The molecule has 5 heteroatoms. The number of rotatable bonds is 2. The van der Waals surface area contributed by atoms with Gasteiger partial charge in [-0.15, -0.1) is 0 Å². The Bertz CT molecular complexity index is 533. The Kier molecular flexibility index (Phi) is 2.78. The molecule has 1 aromatic heterocycles. The lowest BCUT2D eigenvalue weighted by Crippen LogP contribution is -1.99. The molecule has 0 spiro atoms. The maximum Gasteiger partial charge on any atom is 0.353 e. The van der Waals surface area contributed by atoms with Gasteiger partial charge in [-0.2, -0.15) is 0 Å². The Balaban J connectivity index is 2.58. The van der Waals surface area contributed by atoms with Gasteiger partial charge in [0.2, 0.25) is 0 Å². The summed E-state index contributed by atoms with van der Waals surface area (Å²) in [6.45, 7) is 0. The standard InChI is InChI=1S/C11H7BrFNO2/c12-7-3-1-6(2-4-7)9-8(13)5-14-10(9)11(15)16/h1-5,14H,(H,15,16). The van der Waals surface area contributed by atoms with Crippen molar-refractivity contribution in [1.82, 2.24) is 4.98 Å². The van der Waals surface area contributed by atoms with Crippen LogP contribution in [0.2, 0.25) is 0 Å². The molecule has 0 aliphatic rings. The molecule has 2 rings (SSSR count). The lowest BCUT2D eigenvalue weighted by atomic mass is 10.1. The molecule has 82 valence electrons. The first-order valence-corrected chi connectivity index (χ1v) is 5.25. The largest absolute Gasteiger partial charge is 0.477 e. The topological polar surface area (TPSA) is 53.1 Å². The second kappa shape index (κ2) is 4.09. The Hall–Kier alpha value is -1.62. The monoisotopic (exact) mass is 283 g/mol. The van der Waals surface area contributed by atoms with Gasteiger partial charge in [-0.25, -0.2) is 9.18 Å². The molecule has 0 aliphatic carbocycles. The summed E-state index contributed by atoms with van der Waals surface area (Å²) >= 11 is 3.26. The number of hydrogen-bond acceptors (Lipinski definition) is 1. The van der Waals surface area contributed by atoms with Gasteiger partial charge >= 0.3 is 5.97 Å². The van der Waals surface area contributed by atoms with Crippen molar-refractivity contribution in [3.8, 4) is 11.1 Å². The molecular weight excluding hydrogens is 277 g/mol. The van der Waals surface area contributed by atoms with Gasteiger partial charge in [-0.1, -0.05) is 28.1 Å². The first-order chi connectivity index (χ1) is 7.59. The van der Waals surface area contributed by atoms with Crippen molar-refractivity contribution < 1.29 is 14.3 Å². The van der Waals surface area contributed by atoms with Gasteiger partial charge in [0.05, 0.1) is 0 Å². The summed E-state index contributed by atoms with van der Waals surface area (Å²) in [6, 6.07) is 6.77. The highest BCUT2D eigenvalue weighted by molar-refractivity contribution is 9.10. The lowest BCUT2D eigenvalue weighted by molar-refractivity contribution is 0.0692. The van der Waals surface area contributed by atoms with Crippen molar-refractivity contribution in [2.75, 3.05) is 0 Å². The second-order valence-electron chi connectivity index (χ2n) is 3.20. The van der Waals surface area contributed by atoms with Gasteiger partial charge in [0.25, 0.3) is 0 Å². The van der Waals surface area contributed by atoms with Gasteiger partial charge < -0.3 is 10.1 Å². The number of aromatic nitrogens is 1. The van der Waals surface area contributed by atoms with Crippen molar-refractivity contribution in [1.29, 1.82) is 0 Å². The number of carboxylic acid groups (broad SMARTS) is 1. The summed E-state index contributed by atoms with van der Waals surface area (Å²) in [5, 5.41) is 8.89. The quantitative estimate of drug-likeness (QED) is 0.889. The average Bonchev–Trinajstić information content (AvgIpc) is 2.62. The third-order valence-electron chi connectivity index (χ3n) is 2.18. The minimum atomic E-state index is -1.18. The number of benzene rings is 1. The molecule has 0 atom stereocenters. The second-order valence-corrected chi connectivity index (χ2v) is 4.11. The predicted molar refractivity (Wildman–Crippen MR) is 60.8 cm³/mol. The Morgan fingerprint density at radius 1 is 1.31 bits per heavy atom. The predicted octanol–water partition coefficient (Wildman–Crippen LogP) is 3.28.